The summed E-state index contributed by atoms with van der Waals surface area (Å²) in [5, 5.41) is 8.06. The van der Waals surface area contributed by atoms with Crippen molar-refractivity contribution in [1.82, 2.24) is 14.8 Å². The number of amides is 1. The van der Waals surface area contributed by atoms with Crippen LogP contribution in [0.15, 0.2) is 42.5 Å². The largest absolute Gasteiger partial charge is 0.466 e. The van der Waals surface area contributed by atoms with Gasteiger partial charge in [-0.05, 0) is 36.4 Å². The van der Waals surface area contributed by atoms with Crippen molar-refractivity contribution in [3.63, 3.8) is 0 Å². The molecular weight excluding hydrogens is 375 g/mol. The smallest absolute Gasteiger partial charge is 0.336 e. The van der Waals surface area contributed by atoms with E-state index >= 15 is 0 Å². The number of benzene rings is 2. The lowest BCUT2D eigenvalue weighted by Crippen LogP contribution is -2.10. The first kappa shape index (κ1) is 18.2. The van der Waals surface area contributed by atoms with E-state index < -0.39 is 0 Å². The number of anilines is 1. The maximum atomic E-state index is 11.6. The van der Waals surface area contributed by atoms with Crippen molar-refractivity contribution in [2.24, 2.45) is 0 Å². The Morgan fingerprint density at radius 3 is 2.69 bits per heavy atom. The number of nitrogens with zero attached hydrogens (tertiary/aromatic N) is 3. The molecule has 1 aromatic heterocycles. The molecule has 6 nitrogen and oxygen atoms in total. The molecule has 1 N–H and O–H groups in total. The Morgan fingerprint density at radius 1 is 1.19 bits per heavy atom. The summed E-state index contributed by atoms with van der Waals surface area (Å²) >= 11 is 12.1. The lowest BCUT2D eigenvalue weighted by atomic mass is 10.2. The van der Waals surface area contributed by atoms with Gasteiger partial charge in [-0.25, -0.2) is 4.68 Å². The van der Waals surface area contributed by atoms with Gasteiger partial charge in [-0.3, -0.25) is 4.79 Å². The molecule has 2 aromatic carbocycles. The van der Waals surface area contributed by atoms with Crippen LogP contribution in [-0.4, -0.2) is 27.8 Å². The van der Waals surface area contributed by atoms with Gasteiger partial charge in [0.2, 0.25) is 5.91 Å². The molecule has 1 amide bonds. The second-order valence-electron chi connectivity index (χ2n) is 5.41. The molecule has 0 radical (unpaired) electrons. The molecule has 0 atom stereocenters. The van der Waals surface area contributed by atoms with E-state index in [1.54, 1.807) is 29.8 Å². The Balaban J connectivity index is 2.07. The molecule has 0 unspecified atom stereocenters. The van der Waals surface area contributed by atoms with E-state index in [4.69, 9.17) is 27.9 Å². The van der Waals surface area contributed by atoms with E-state index in [9.17, 15) is 4.79 Å². The van der Waals surface area contributed by atoms with Crippen LogP contribution in [0.4, 0.5) is 5.69 Å². The number of carbonyl (C=O) groups excluding carboxylic acids is 1. The fraction of sp³-hybridized carbons (Fsp3) is 0.167. The van der Waals surface area contributed by atoms with Crippen LogP contribution < -0.4 is 10.1 Å². The Labute approximate surface area is 160 Å². The number of halogens is 2. The molecule has 0 aliphatic carbocycles. The summed E-state index contributed by atoms with van der Waals surface area (Å²) in [6, 6.07) is 12.7. The van der Waals surface area contributed by atoms with Crippen LogP contribution in [0, 0.1) is 0 Å². The van der Waals surface area contributed by atoms with Gasteiger partial charge in [0.05, 0.1) is 22.8 Å². The molecule has 0 fully saturated rings. The third kappa shape index (κ3) is 3.81. The van der Waals surface area contributed by atoms with Crippen LogP contribution in [0.5, 0.6) is 6.01 Å². The molecule has 0 spiro atoms. The van der Waals surface area contributed by atoms with Crippen LogP contribution in [0.1, 0.15) is 13.3 Å². The zero-order valence-electron chi connectivity index (χ0n) is 14.2. The number of rotatable bonds is 5. The first-order valence-corrected chi connectivity index (χ1v) is 8.64. The quantitative estimate of drug-likeness (QED) is 0.690. The van der Waals surface area contributed by atoms with Crippen LogP contribution in [0.2, 0.25) is 10.0 Å². The molecule has 0 saturated heterocycles. The molecule has 0 saturated carbocycles. The monoisotopic (exact) mass is 390 g/mol. The topological polar surface area (TPSA) is 69.0 Å². The Morgan fingerprint density at radius 2 is 2.00 bits per heavy atom. The normalized spacial score (nSPS) is 10.6. The van der Waals surface area contributed by atoms with Gasteiger partial charge >= 0.3 is 6.01 Å². The predicted octanol–water partition coefficient (Wildman–Crippen LogP) is 4.60. The van der Waals surface area contributed by atoms with Crippen molar-refractivity contribution in [3.8, 4) is 23.1 Å². The minimum Gasteiger partial charge on any atom is -0.466 e. The van der Waals surface area contributed by atoms with Crippen LogP contribution in [-0.2, 0) is 4.79 Å². The van der Waals surface area contributed by atoms with Crippen molar-refractivity contribution in [3.05, 3.63) is 52.5 Å². The zero-order chi connectivity index (χ0) is 18.7. The highest BCUT2D eigenvalue weighted by molar-refractivity contribution is 6.42. The van der Waals surface area contributed by atoms with Crippen molar-refractivity contribution in [1.29, 1.82) is 0 Å². The zero-order valence-corrected chi connectivity index (χ0v) is 15.7. The highest BCUT2D eigenvalue weighted by atomic mass is 35.5. The molecule has 0 aliphatic rings. The minimum atomic E-state index is -0.0666. The van der Waals surface area contributed by atoms with Gasteiger partial charge in [0, 0.05) is 17.7 Å². The van der Waals surface area contributed by atoms with E-state index in [2.05, 4.69) is 15.4 Å². The number of ether oxygens (including phenoxy) is 1. The summed E-state index contributed by atoms with van der Waals surface area (Å²) in [4.78, 5) is 16.0. The fourth-order valence-electron chi connectivity index (χ4n) is 2.35. The summed E-state index contributed by atoms with van der Waals surface area (Å²) in [7, 11) is 1.50. The maximum Gasteiger partial charge on any atom is 0.336 e. The third-order valence-corrected chi connectivity index (χ3v) is 4.38. The molecule has 3 aromatic rings. The van der Waals surface area contributed by atoms with Gasteiger partial charge in [-0.2, -0.15) is 4.98 Å². The van der Waals surface area contributed by atoms with Crippen molar-refractivity contribution < 1.29 is 9.53 Å². The summed E-state index contributed by atoms with van der Waals surface area (Å²) in [5.74, 6) is 0.474. The molecule has 0 bridgehead atoms. The van der Waals surface area contributed by atoms with E-state index in [0.29, 0.717) is 28.0 Å². The van der Waals surface area contributed by atoms with Gasteiger partial charge < -0.3 is 10.1 Å². The number of hydrogen-bond acceptors (Lipinski definition) is 4. The number of hydrogen-bond donors (Lipinski definition) is 1. The van der Waals surface area contributed by atoms with Crippen LogP contribution in [0.25, 0.3) is 17.1 Å². The average Bonchev–Trinajstić information content (AvgIpc) is 3.08. The second-order valence-corrected chi connectivity index (χ2v) is 6.23. The van der Waals surface area contributed by atoms with E-state index in [1.165, 1.54) is 7.11 Å². The molecule has 8 heteroatoms. The second kappa shape index (κ2) is 7.76. The van der Waals surface area contributed by atoms with E-state index in [0.717, 1.165) is 11.3 Å². The Kier molecular flexibility index (Phi) is 5.44. The standard InChI is InChI=1S/C18H16Cl2N4O2/c1-3-16(25)21-12-5-4-6-13(10-12)24-17(22-18(23-24)26-2)11-7-8-14(19)15(20)9-11/h4-10H,3H2,1-2H3,(H,21,25). The highest BCUT2D eigenvalue weighted by Gasteiger charge is 2.15. The van der Waals surface area contributed by atoms with Crippen molar-refractivity contribution >= 4 is 34.8 Å². The molecular formula is C18H16Cl2N4O2. The summed E-state index contributed by atoms with van der Waals surface area (Å²) in [6.07, 6.45) is 0.399. The first-order chi connectivity index (χ1) is 12.5. The average molecular weight is 391 g/mol. The minimum absolute atomic E-state index is 0.0666. The summed E-state index contributed by atoms with van der Waals surface area (Å²) < 4.78 is 6.80. The Hall–Kier alpha value is -2.57. The number of methoxy groups -OCH3 is 1. The molecule has 26 heavy (non-hydrogen) atoms. The van der Waals surface area contributed by atoms with Crippen LogP contribution in [0.3, 0.4) is 0 Å². The molecule has 134 valence electrons. The highest BCUT2D eigenvalue weighted by Crippen LogP contribution is 2.30. The van der Waals surface area contributed by atoms with E-state index in [-0.39, 0.29) is 11.9 Å². The van der Waals surface area contributed by atoms with Crippen LogP contribution >= 0.6 is 23.2 Å². The molecule has 0 aliphatic heterocycles. The fourth-order valence-corrected chi connectivity index (χ4v) is 2.64. The van der Waals surface area contributed by atoms with Gasteiger partial charge in [-0.15, -0.1) is 5.10 Å². The maximum absolute atomic E-state index is 11.6. The van der Waals surface area contributed by atoms with E-state index in [1.807, 2.05) is 24.3 Å². The third-order valence-electron chi connectivity index (χ3n) is 3.64. The Bertz CT molecular complexity index is 956. The molecule has 3 rings (SSSR count). The van der Waals surface area contributed by atoms with Crippen molar-refractivity contribution in [2.75, 3.05) is 12.4 Å². The van der Waals surface area contributed by atoms with Gasteiger partial charge in [-0.1, -0.05) is 36.2 Å². The van der Waals surface area contributed by atoms with Crippen molar-refractivity contribution in [2.45, 2.75) is 13.3 Å². The predicted molar refractivity (Wildman–Crippen MR) is 102 cm³/mol. The number of carbonyl (C=O) groups is 1. The number of nitrogens with one attached hydrogen (secondary N) is 1. The number of aromatic nitrogens is 3. The lowest BCUT2D eigenvalue weighted by Gasteiger charge is -2.09. The SMILES string of the molecule is CCC(=O)Nc1cccc(-n2nc(OC)nc2-c2ccc(Cl)c(Cl)c2)c1. The lowest BCUT2D eigenvalue weighted by molar-refractivity contribution is -0.115. The summed E-state index contributed by atoms with van der Waals surface area (Å²) in [5.41, 5.74) is 2.12. The summed E-state index contributed by atoms with van der Waals surface area (Å²) in [6.45, 7) is 1.80. The van der Waals surface area contributed by atoms with Gasteiger partial charge in [0.15, 0.2) is 5.82 Å². The first-order valence-electron chi connectivity index (χ1n) is 7.88. The van der Waals surface area contributed by atoms with Gasteiger partial charge in [0.25, 0.3) is 0 Å². The van der Waals surface area contributed by atoms with Gasteiger partial charge in [0.1, 0.15) is 0 Å². The molecule has 1 heterocycles.